The number of anilines is 2. The second-order valence-electron chi connectivity index (χ2n) is 7.47. The molecule has 1 aromatic carbocycles. The lowest BCUT2D eigenvalue weighted by Gasteiger charge is -2.31. The number of rotatable bonds is 9. The van der Waals surface area contributed by atoms with E-state index in [9.17, 15) is 19.2 Å². The van der Waals surface area contributed by atoms with E-state index in [0.717, 1.165) is 22.7 Å². The summed E-state index contributed by atoms with van der Waals surface area (Å²) in [6, 6.07) is 7.70. The van der Waals surface area contributed by atoms with Gasteiger partial charge in [-0.1, -0.05) is 18.2 Å². The number of nitrogens with one attached hydrogen (secondary N) is 1. The van der Waals surface area contributed by atoms with E-state index in [2.05, 4.69) is 9.69 Å². The Kier molecular flexibility index (Phi) is 8.20. The van der Waals surface area contributed by atoms with E-state index in [1.54, 1.807) is 36.6 Å². The minimum absolute atomic E-state index is 0.0283. The van der Waals surface area contributed by atoms with Gasteiger partial charge in [0.05, 0.1) is 12.3 Å². The van der Waals surface area contributed by atoms with Crippen LogP contribution < -0.4 is 21.7 Å². The second-order valence-corrected chi connectivity index (χ2v) is 9.23. The Morgan fingerprint density at radius 2 is 1.91 bits per heavy atom. The van der Waals surface area contributed by atoms with Crippen LogP contribution in [0.4, 0.5) is 11.4 Å². The summed E-state index contributed by atoms with van der Waals surface area (Å²) in [7, 11) is 0. The van der Waals surface area contributed by atoms with Gasteiger partial charge in [-0.25, -0.2) is 0 Å². The van der Waals surface area contributed by atoms with Crippen LogP contribution in [0, 0.1) is 13.8 Å². The van der Waals surface area contributed by atoms with Gasteiger partial charge in [-0.2, -0.15) is 4.37 Å². The molecule has 0 saturated heterocycles. The van der Waals surface area contributed by atoms with Crippen LogP contribution in [0.15, 0.2) is 35.7 Å². The van der Waals surface area contributed by atoms with Crippen molar-refractivity contribution in [3.05, 3.63) is 62.3 Å². The third-order valence-electron chi connectivity index (χ3n) is 5.24. The molecule has 0 aliphatic heterocycles. The van der Waals surface area contributed by atoms with Gasteiger partial charge in [0, 0.05) is 10.6 Å². The van der Waals surface area contributed by atoms with Crippen LogP contribution in [0.25, 0.3) is 0 Å². The lowest BCUT2D eigenvalue weighted by Crippen LogP contribution is -2.45. The molecule has 1 atom stereocenters. The summed E-state index contributed by atoms with van der Waals surface area (Å²) >= 11 is 2.00. The number of amides is 3. The van der Waals surface area contributed by atoms with Gasteiger partial charge >= 0.3 is 5.97 Å². The zero-order valence-electron chi connectivity index (χ0n) is 19.4. The van der Waals surface area contributed by atoms with E-state index in [4.69, 9.17) is 16.2 Å². The molecule has 3 rings (SSSR count). The molecule has 0 aliphatic rings. The third kappa shape index (κ3) is 5.49. The first-order valence-electron chi connectivity index (χ1n) is 10.6. The van der Waals surface area contributed by atoms with E-state index in [-0.39, 0.29) is 29.4 Å². The lowest BCUT2D eigenvalue weighted by atomic mass is 10.0. The molecule has 35 heavy (non-hydrogen) atoms. The maximum absolute atomic E-state index is 13.9. The standard InChI is InChI=1S/C23H25N5O5S2/c1-4-33-16(29)11-26-22(31)19(15-9-6-10-34-15)28(14-8-5-7-12(2)13(14)3)23(32)20-17(24)18(21(25)30)27-35-20/h5-10,19H,4,11,24H2,1-3H3,(H2,25,30)(H,26,31)/t19-/m0/s1. The number of carbonyl (C=O) groups is 4. The van der Waals surface area contributed by atoms with Gasteiger partial charge in [0.1, 0.15) is 11.4 Å². The Hall–Kier alpha value is -3.77. The molecule has 0 fully saturated rings. The number of esters is 1. The number of nitrogens with two attached hydrogens (primary N) is 2. The fourth-order valence-corrected chi connectivity index (χ4v) is 4.94. The Morgan fingerprint density at radius 3 is 2.51 bits per heavy atom. The molecule has 0 spiro atoms. The van der Waals surface area contributed by atoms with Crippen molar-refractivity contribution >= 4 is 57.9 Å². The average Bonchev–Trinajstić information content (AvgIpc) is 3.47. The predicted octanol–water partition coefficient (Wildman–Crippen LogP) is 2.57. The van der Waals surface area contributed by atoms with Gasteiger partial charge in [-0.05, 0) is 60.9 Å². The number of ether oxygens (including phenoxy) is 1. The highest BCUT2D eigenvalue weighted by Gasteiger charge is 2.37. The maximum Gasteiger partial charge on any atom is 0.325 e. The summed E-state index contributed by atoms with van der Waals surface area (Å²) in [5.41, 5.74) is 13.1. The average molecular weight is 516 g/mol. The monoisotopic (exact) mass is 515 g/mol. The minimum Gasteiger partial charge on any atom is -0.465 e. The van der Waals surface area contributed by atoms with E-state index in [0.29, 0.717) is 10.6 Å². The number of benzene rings is 1. The van der Waals surface area contributed by atoms with Gasteiger partial charge in [0.25, 0.3) is 11.8 Å². The third-order valence-corrected chi connectivity index (χ3v) is 7.02. The second kappa shape index (κ2) is 11.1. The van der Waals surface area contributed by atoms with Crippen LogP contribution in [-0.2, 0) is 14.3 Å². The van der Waals surface area contributed by atoms with Crippen molar-refractivity contribution in [3.63, 3.8) is 0 Å². The molecule has 184 valence electrons. The van der Waals surface area contributed by atoms with E-state index in [1.165, 1.54) is 16.2 Å². The highest BCUT2D eigenvalue weighted by atomic mass is 32.1. The molecule has 0 radical (unpaired) electrons. The van der Waals surface area contributed by atoms with Gasteiger partial charge in [-0.3, -0.25) is 24.1 Å². The minimum atomic E-state index is -1.14. The van der Waals surface area contributed by atoms with Gasteiger partial charge in [0.2, 0.25) is 5.91 Å². The summed E-state index contributed by atoms with van der Waals surface area (Å²) in [5, 5.41) is 4.34. The van der Waals surface area contributed by atoms with Crippen molar-refractivity contribution < 1.29 is 23.9 Å². The number of hydrogen-bond donors (Lipinski definition) is 3. The summed E-state index contributed by atoms with van der Waals surface area (Å²) in [6.07, 6.45) is 0. The van der Waals surface area contributed by atoms with Gasteiger partial charge in [0.15, 0.2) is 11.7 Å². The van der Waals surface area contributed by atoms with Gasteiger partial charge < -0.3 is 21.5 Å². The van der Waals surface area contributed by atoms with Crippen molar-refractivity contribution in [1.82, 2.24) is 9.69 Å². The number of thiophene rings is 1. The van der Waals surface area contributed by atoms with Gasteiger partial charge in [-0.15, -0.1) is 11.3 Å². The molecule has 2 heterocycles. The molecular weight excluding hydrogens is 490 g/mol. The molecular formula is C23H25N5O5S2. The number of carbonyl (C=O) groups excluding carboxylic acids is 4. The summed E-state index contributed by atoms with van der Waals surface area (Å²) in [4.78, 5) is 52.8. The van der Waals surface area contributed by atoms with Crippen molar-refractivity contribution in [2.45, 2.75) is 26.8 Å². The number of hydrogen-bond acceptors (Lipinski definition) is 9. The van der Waals surface area contributed by atoms with E-state index in [1.807, 2.05) is 19.9 Å². The molecule has 0 unspecified atom stereocenters. The number of primary amides is 1. The molecule has 12 heteroatoms. The molecule has 0 bridgehead atoms. The van der Waals surface area contributed by atoms with Crippen molar-refractivity contribution in [3.8, 4) is 0 Å². The first kappa shape index (κ1) is 25.8. The molecule has 0 saturated carbocycles. The predicted molar refractivity (Wildman–Crippen MR) is 134 cm³/mol. The van der Waals surface area contributed by atoms with Crippen LogP contribution in [0.3, 0.4) is 0 Å². The van der Waals surface area contributed by atoms with Crippen molar-refractivity contribution in [1.29, 1.82) is 0 Å². The summed E-state index contributed by atoms with van der Waals surface area (Å²) < 4.78 is 8.84. The highest BCUT2D eigenvalue weighted by molar-refractivity contribution is 7.10. The van der Waals surface area contributed by atoms with Crippen LogP contribution >= 0.6 is 22.9 Å². The number of nitrogen functional groups attached to an aromatic ring is 1. The highest BCUT2D eigenvalue weighted by Crippen LogP contribution is 2.36. The summed E-state index contributed by atoms with van der Waals surface area (Å²) in [6.45, 7) is 5.18. The lowest BCUT2D eigenvalue weighted by molar-refractivity contribution is -0.143. The van der Waals surface area contributed by atoms with Crippen LogP contribution in [0.2, 0.25) is 0 Å². The van der Waals surface area contributed by atoms with Crippen molar-refractivity contribution in [2.75, 3.05) is 23.8 Å². The quantitative estimate of drug-likeness (QED) is 0.370. The number of aromatic nitrogens is 1. The first-order valence-corrected chi connectivity index (χ1v) is 12.2. The molecule has 10 nitrogen and oxygen atoms in total. The molecule has 5 N–H and O–H groups in total. The number of aryl methyl sites for hydroxylation is 1. The molecule has 3 amide bonds. The summed E-state index contributed by atoms with van der Waals surface area (Å²) in [5.74, 6) is -2.69. The fourth-order valence-electron chi connectivity index (χ4n) is 3.39. The van der Waals surface area contributed by atoms with Crippen molar-refractivity contribution in [2.24, 2.45) is 5.73 Å². The topological polar surface area (TPSA) is 158 Å². The number of nitrogens with zero attached hydrogens (tertiary/aromatic N) is 2. The molecule has 3 aromatic rings. The van der Waals surface area contributed by atoms with E-state index >= 15 is 0 Å². The smallest absolute Gasteiger partial charge is 0.325 e. The van der Waals surface area contributed by atoms with Crippen LogP contribution in [0.5, 0.6) is 0 Å². The fraction of sp³-hybridized carbons (Fsp3) is 0.261. The van der Waals surface area contributed by atoms with Crippen LogP contribution in [-0.4, -0.2) is 41.2 Å². The Labute approximate surface area is 210 Å². The largest absolute Gasteiger partial charge is 0.465 e. The Morgan fingerprint density at radius 1 is 1.17 bits per heavy atom. The normalized spacial score (nSPS) is 11.5. The molecule has 2 aromatic heterocycles. The Bertz CT molecular complexity index is 1260. The first-order chi connectivity index (χ1) is 16.7. The zero-order valence-corrected chi connectivity index (χ0v) is 21.0. The van der Waals surface area contributed by atoms with E-state index < -0.39 is 29.7 Å². The van der Waals surface area contributed by atoms with Crippen LogP contribution in [0.1, 0.15) is 49.1 Å². The SMILES string of the molecule is CCOC(=O)CNC(=O)[C@H](c1cccs1)N(C(=O)c1snc(C(N)=O)c1N)c1cccc(C)c1C. The Balaban J connectivity index is 2.15. The zero-order chi connectivity index (χ0) is 25.7. The maximum atomic E-state index is 13.9. The molecule has 0 aliphatic carbocycles.